The molecule has 1 rings (SSSR count). The first-order chi connectivity index (χ1) is 10.1. The normalized spacial score (nSPS) is 21.7. The fraction of sp³-hybridized carbons (Fsp3) is 0.909. The van der Waals surface area contributed by atoms with Crippen molar-refractivity contribution in [3.63, 3.8) is 0 Å². The number of sulfonamides is 2. The molecule has 0 aromatic carbocycles. The molecule has 11 heteroatoms. The monoisotopic (exact) mass is 356 g/mol. The van der Waals surface area contributed by atoms with Crippen LogP contribution in [0.2, 0.25) is 0 Å². The van der Waals surface area contributed by atoms with Crippen molar-refractivity contribution in [1.29, 1.82) is 0 Å². The van der Waals surface area contributed by atoms with Crippen LogP contribution in [0, 0.1) is 0 Å². The Bertz CT molecular complexity index is 588. The number of carbonyl (C=O) groups is 1. The van der Waals surface area contributed by atoms with Crippen LogP contribution < -0.4 is 15.8 Å². The maximum Gasteiger partial charge on any atom is 0.238 e. The van der Waals surface area contributed by atoms with E-state index in [1.807, 2.05) is 0 Å². The number of amides is 1. The minimum absolute atomic E-state index is 0.242. The summed E-state index contributed by atoms with van der Waals surface area (Å²) in [5, 5.41) is 2.44. The largest absolute Gasteiger partial charge is 0.358 e. The Morgan fingerprint density at radius 3 is 2.55 bits per heavy atom. The lowest BCUT2D eigenvalue weighted by Crippen LogP contribution is -2.47. The third kappa shape index (κ3) is 5.47. The molecule has 130 valence electrons. The Morgan fingerprint density at radius 1 is 1.36 bits per heavy atom. The number of hydrogen-bond donors (Lipinski definition) is 3. The van der Waals surface area contributed by atoms with Gasteiger partial charge in [0, 0.05) is 26.2 Å². The molecule has 0 aromatic rings. The van der Waals surface area contributed by atoms with Gasteiger partial charge < -0.3 is 11.1 Å². The van der Waals surface area contributed by atoms with Gasteiger partial charge in [-0.15, -0.1) is 0 Å². The van der Waals surface area contributed by atoms with Crippen LogP contribution in [-0.4, -0.2) is 70.8 Å². The van der Waals surface area contributed by atoms with E-state index in [9.17, 15) is 21.6 Å². The fourth-order valence-corrected chi connectivity index (χ4v) is 5.29. The Kier molecular flexibility index (Phi) is 6.74. The van der Waals surface area contributed by atoms with E-state index < -0.39 is 37.9 Å². The fourth-order valence-electron chi connectivity index (χ4n) is 2.35. The topological polar surface area (TPSA) is 139 Å². The Labute approximate surface area is 131 Å². The summed E-state index contributed by atoms with van der Waals surface area (Å²) < 4.78 is 51.1. The van der Waals surface area contributed by atoms with E-state index in [-0.39, 0.29) is 24.7 Å². The first kappa shape index (κ1) is 19.3. The maximum atomic E-state index is 12.3. The summed E-state index contributed by atoms with van der Waals surface area (Å²) in [6.07, 6.45) is 1.07. The maximum absolute atomic E-state index is 12.3. The summed E-state index contributed by atoms with van der Waals surface area (Å²) in [5.41, 5.74) is 5.41. The highest BCUT2D eigenvalue weighted by Crippen LogP contribution is 2.21. The molecule has 9 nitrogen and oxygen atoms in total. The molecule has 1 aliphatic heterocycles. The number of likely N-dealkylation sites (N-methyl/N-ethyl adjacent to an activating group) is 1. The van der Waals surface area contributed by atoms with E-state index in [1.165, 1.54) is 7.05 Å². The van der Waals surface area contributed by atoms with Crippen LogP contribution >= 0.6 is 0 Å². The van der Waals surface area contributed by atoms with E-state index in [2.05, 4.69) is 10.0 Å². The van der Waals surface area contributed by atoms with Crippen LogP contribution in [0.15, 0.2) is 0 Å². The van der Waals surface area contributed by atoms with E-state index >= 15 is 0 Å². The summed E-state index contributed by atoms with van der Waals surface area (Å²) in [5.74, 6) is -1.00. The molecule has 22 heavy (non-hydrogen) atoms. The first-order valence-corrected chi connectivity index (χ1v) is 10.3. The highest BCUT2D eigenvalue weighted by Gasteiger charge is 2.37. The van der Waals surface area contributed by atoms with Crippen molar-refractivity contribution < 1.29 is 21.6 Å². The molecule has 1 fully saturated rings. The van der Waals surface area contributed by atoms with Gasteiger partial charge in [-0.2, -0.15) is 4.31 Å². The Balaban J connectivity index is 2.63. The number of rotatable bonds is 8. The summed E-state index contributed by atoms with van der Waals surface area (Å²) in [6, 6.07) is -1.25. The quantitative estimate of drug-likeness (QED) is 0.451. The lowest BCUT2D eigenvalue weighted by molar-refractivity contribution is -0.123. The van der Waals surface area contributed by atoms with E-state index in [0.29, 0.717) is 12.8 Å². The summed E-state index contributed by atoms with van der Waals surface area (Å²) >= 11 is 0. The second-order valence-electron chi connectivity index (χ2n) is 5.35. The van der Waals surface area contributed by atoms with Crippen molar-refractivity contribution in [2.24, 2.45) is 5.73 Å². The molecule has 1 heterocycles. The lowest BCUT2D eigenvalue weighted by atomic mass is 10.2. The molecule has 0 bridgehead atoms. The van der Waals surface area contributed by atoms with Gasteiger partial charge in [0.1, 0.15) is 6.04 Å². The molecule has 0 saturated carbocycles. The van der Waals surface area contributed by atoms with Gasteiger partial charge in [0.25, 0.3) is 0 Å². The van der Waals surface area contributed by atoms with Crippen molar-refractivity contribution in [2.75, 3.05) is 31.6 Å². The highest BCUT2D eigenvalue weighted by molar-refractivity contribution is 7.90. The molecule has 0 spiro atoms. The average molecular weight is 356 g/mol. The SMILES string of the molecule is CNC(=O)[C@@H]1CCCN1S(=O)(=O)CCNS(=O)(=O)C[C@H](C)N. The molecule has 0 aliphatic carbocycles. The minimum Gasteiger partial charge on any atom is -0.358 e. The molecule has 0 radical (unpaired) electrons. The van der Waals surface area contributed by atoms with Gasteiger partial charge in [-0.05, 0) is 19.8 Å². The average Bonchev–Trinajstić information content (AvgIpc) is 2.85. The van der Waals surface area contributed by atoms with Crippen LogP contribution in [0.25, 0.3) is 0 Å². The van der Waals surface area contributed by atoms with Crippen LogP contribution in [0.1, 0.15) is 19.8 Å². The minimum atomic E-state index is -3.70. The molecule has 0 aromatic heterocycles. The number of nitrogens with zero attached hydrogens (tertiary/aromatic N) is 1. The zero-order valence-electron chi connectivity index (χ0n) is 12.8. The molecule has 4 N–H and O–H groups in total. The highest BCUT2D eigenvalue weighted by atomic mass is 32.2. The third-order valence-electron chi connectivity index (χ3n) is 3.27. The van der Waals surface area contributed by atoms with Gasteiger partial charge in [-0.25, -0.2) is 21.6 Å². The number of nitrogens with two attached hydrogens (primary N) is 1. The van der Waals surface area contributed by atoms with E-state index in [4.69, 9.17) is 5.73 Å². The van der Waals surface area contributed by atoms with Crippen molar-refractivity contribution in [3.8, 4) is 0 Å². The van der Waals surface area contributed by atoms with E-state index in [1.54, 1.807) is 6.92 Å². The molecule has 1 saturated heterocycles. The predicted molar refractivity (Wildman–Crippen MR) is 83.0 cm³/mol. The van der Waals surface area contributed by atoms with Gasteiger partial charge in [-0.1, -0.05) is 0 Å². The molecule has 0 unspecified atom stereocenters. The molecule has 1 amide bonds. The van der Waals surface area contributed by atoms with Crippen LogP contribution in [0.5, 0.6) is 0 Å². The zero-order chi connectivity index (χ0) is 17.0. The zero-order valence-corrected chi connectivity index (χ0v) is 14.4. The first-order valence-electron chi connectivity index (χ1n) is 7.03. The molecular formula is C11H24N4O5S2. The number of carbonyl (C=O) groups excluding carboxylic acids is 1. The molecule has 2 atom stereocenters. The second-order valence-corrected chi connectivity index (χ2v) is 9.24. The Hall–Kier alpha value is -0.750. The van der Waals surface area contributed by atoms with Gasteiger partial charge in [-0.3, -0.25) is 4.79 Å². The summed E-state index contributed by atoms with van der Waals surface area (Å²) in [4.78, 5) is 11.7. The molecule has 1 aliphatic rings. The van der Waals surface area contributed by atoms with Crippen molar-refractivity contribution in [3.05, 3.63) is 0 Å². The van der Waals surface area contributed by atoms with Crippen LogP contribution in [0.4, 0.5) is 0 Å². The lowest BCUT2D eigenvalue weighted by Gasteiger charge is -2.22. The van der Waals surface area contributed by atoms with Gasteiger partial charge in [0.2, 0.25) is 26.0 Å². The van der Waals surface area contributed by atoms with Crippen LogP contribution in [-0.2, 0) is 24.8 Å². The van der Waals surface area contributed by atoms with E-state index in [0.717, 1.165) is 4.31 Å². The van der Waals surface area contributed by atoms with Crippen molar-refractivity contribution in [2.45, 2.75) is 31.8 Å². The third-order valence-corrected chi connectivity index (χ3v) is 6.75. The van der Waals surface area contributed by atoms with Crippen LogP contribution in [0.3, 0.4) is 0 Å². The number of nitrogens with one attached hydrogen (secondary N) is 2. The van der Waals surface area contributed by atoms with Crippen molar-refractivity contribution >= 4 is 26.0 Å². The summed E-state index contributed by atoms with van der Waals surface area (Å²) in [6.45, 7) is 1.58. The van der Waals surface area contributed by atoms with Gasteiger partial charge in [0.05, 0.1) is 11.5 Å². The summed E-state index contributed by atoms with van der Waals surface area (Å²) in [7, 11) is -5.85. The Morgan fingerprint density at radius 2 is 2.00 bits per heavy atom. The van der Waals surface area contributed by atoms with Gasteiger partial charge in [0.15, 0.2) is 0 Å². The number of hydrogen-bond acceptors (Lipinski definition) is 6. The standard InChI is InChI=1S/C11H24N4O5S2/c1-9(12)8-21(17,18)14-5-7-22(19,20)15-6-3-4-10(15)11(16)13-2/h9-10,14H,3-8,12H2,1-2H3,(H,13,16)/t9-,10-/m0/s1. The predicted octanol–water partition coefficient (Wildman–Crippen LogP) is -2.21. The second kappa shape index (κ2) is 7.68. The van der Waals surface area contributed by atoms with Gasteiger partial charge >= 0.3 is 0 Å². The molecular weight excluding hydrogens is 332 g/mol. The van der Waals surface area contributed by atoms with Crippen molar-refractivity contribution in [1.82, 2.24) is 14.3 Å². The smallest absolute Gasteiger partial charge is 0.238 e.